The number of β-amino-alcohol motifs (C(OH)–C–C–N with tert-alkyl or cyclic N) is 1. The lowest BCUT2D eigenvalue weighted by Crippen LogP contribution is -2.47. The minimum Gasteiger partial charge on any atom is -0.399 e. The Hall–Kier alpha value is -1.84. The van der Waals surface area contributed by atoms with Gasteiger partial charge in [0.15, 0.2) is 0 Å². The first-order valence-corrected chi connectivity index (χ1v) is 10.4. The lowest BCUT2D eigenvalue weighted by Gasteiger charge is -2.38. The zero-order chi connectivity index (χ0) is 18.6. The zero-order valence-corrected chi connectivity index (χ0v) is 16.2. The zero-order valence-electron chi connectivity index (χ0n) is 16.2. The van der Waals surface area contributed by atoms with Crippen molar-refractivity contribution in [2.75, 3.05) is 25.4 Å². The molecule has 3 unspecified atom stereocenters. The summed E-state index contributed by atoms with van der Waals surface area (Å²) in [6.45, 7) is 5.34. The fourth-order valence-corrected chi connectivity index (χ4v) is 6.26. The molecule has 0 bridgehead atoms. The molecule has 3 heteroatoms. The van der Waals surface area contributed by atoms with Gasteiger partial charge in [-0.2, -0.15) is 0 Å². The van der Waals surface area contributed by atoms with Gasteiger partial charge < -0.3 is 10.8 Å². The van der Waals surface area contributed by atoms with Crippen LogP contribution >= 0.6 is 0 Å². The van der Waals surface area contributed by atoms with Crippen LogP contribution in [0.5, 0.6) is 0 Å². The fraction of sp³-hybridized carbons (Fsp3) is 0.500. The molecule has 0 spiro atoms. The normalized spacial score (nSPS) is 34.9. The Balaban J connectivity index is 1.28. The molecule has 27 heavy (non-hydrogen) atoms. The number of anilines is 1. The minimum atomic E-state index is -0.572. The number of nitrogens with two attached hydrogens (primary N) is 1. The van der Waals surface area contributed by atoms with Crippen molar-refractivity contribution in [2.24, 2.45) is 11.8 Å². The summed E-state index contributed by atoms with van der Waals surface area (Å²) in [6.07, 6.45) is 3.85. The molecule has 0 aromatic heterocycles. The first-order chi connectivity index (χ1) is 13.0. The maximum atomic E-state index is 11.3. The minimum absolute atomic E-state index is 0.313. The second-order valence-corrected chi connectivity index (χ2v) is 9.10. The SMILES string of the molecule is CCC1(c2cccc(N)c2)C2CN(CC3(O)CCc4ccccc4C3)CC21. The molecule has 1 saturated carbocycles. The number of hydrogen-bond donors (Lipinski definition) is 2. The lowest BCUT2D eigenvalue weighted by molar-refractivity contribution is -0.00666. The first-order valence-electron chi connectivity index (χ1n) is 10.4. The van der Waals surface area contributed by atoms with Crippen LogP contribution in [-0.4, -0.2) is 35.2 Å². The number of hydrogen-bond acceptors (Lipinski definition) is 3. The summed E-state index contributed by atoms with van der Waals surface area (Å²) >= 11 is 0. The number of nitrogens with zero attached hydrogens (tertiary/aromatic N) is 1. The molecule has 1 aliphatic heterocycles. The van der Waals surface area contributed by atoms with E-state index >= 15 is 0 Å². The van der Waals surface area contributed by atoms with Gasteiger partial charge in [0.25, 0.3) is 0 Å². The molecule has 3 aliphatic rings. The average Bonchev–Trinajstić information content (AvgIpc) is 3.05. The van der Waals surface area contributed by atoms with Crippen molar-refractivity contribution in [1.82, 2.24) is 4.90 Å². The summed E-state index contributed by atoms with van der Waals surface area (Å²) in [5, 5.41) is 11.3. The second-order valence-electron chi connectivity index (χ2n) is 9.10. The largest absolute Gasteiger partial charge is 0.399 e. The van der Waals surface area contributed by atoms with E-state index in [0.717, 1.165) is 44.6 Å². The Labute approximate surface area is 162 Å². The molecule has 3 atom stereocenters. The second kappa shape index (κ2) is 6.08. The Bertz CT molecular complexity index is 851. The van der Waals surface area contributed by atoms with Crippen LogP contribution < -0.4 is 5.73 Å². The van der Waals surface area contributed by atoms with E-state index in [1.807, 2.05) is 6.07 Å². The van der Waals surface area contributed by atoms with Crippen LogP contribution in [-0.2, 0) is 18.3 Å². The summed E-state index contributed by atoms with van der Waals surface area (Å²) in [5.74, 6) is 1.42. The van der Waals surface area contributed by atoms with Crippen LogP contribution in [0.3, 0.4) is 0 Å². The summed E-state index contributed by atoms with van der Waals surface area (Å²) in [4.78, 5) is 2.52. The molecule has 1 heterocycles. The molecule has 2 aromatic carbocycles. The summed E-state index contributed by atoms with van der Waals surface area (Å²) in [6, 6.07) is 17.1. The number of piperidine rings is 1. The van der Waals surface area contributed by atoms with Crippen molar-refractivity contribution >= 4 is 5.69 Å². The van der Waals surface area contributed by atoms with Gasteiger partial charge in [-0.15, -0.1) is 0 Å². The van der Waals surface area contributed by atoms with E-state index in [1.165, 1.54) is 23.1 Å². The Morgan fingerprint density at radius 1 is 1.07 bits per heavy atom. The highest BCUT2D eigenvalue weighted by Gasteiger charge is 2.67. The first kappa shape index (κ1) is 17.3. The van der Waals surface area contributed by atoms with E-state index in [-0.39, 0.29) is 0 Å². The molecule has 0 amide bonds. The Kier molecular flexibility index (Phi) is 3.89. The van der Waals surface area contributed by atoms with Crippen LogP contribution in [0.25, 0.3) is 0 Å². The Morgan fingerprint density at radius 3 is 2.52 bits per heavy atom. The maximum absolute atomic E-state index is 11.3. The molecule has 3 N–H and O–H groups in total. The van der Waals surface area contributed by atoms with Crippen LogP contribution in [0.15, 0.2) is 48.5 Å². The molecular weight excluding hydrogens is 332 g/mol. The molecular formula is C24H30N2O. The predicted octanol–water partition coefficient (Wildman–Crippen LogP) is 3.40. The van der Waals surface area contributed by atoms with Gasteiger partial charge in [-0.25, -0.2) is 0 Å². The highest BCUT2D eigenvalue weighted by molar-refractivity contribution is 5.48. The van der Waals surface area contributed by atoms with Gasteiger partial charge in [-0.3, -0.25) is 4.90 Å². The van der Waals surface area contributed by atoms with Gasteiger partial charge >= 0.3 is 0 Å². The van der Waals surface area contributed by atoms with Crippen molar-refractivity contribution in [3.8, 4) is 0 Å². The van der Waals surface area contributed by atoms with Gasteiger partial charge in [0.1, 0.15) is 0 Å². The standard InChI is InChI=1S/C24H30N2O/c1-2-24(19-8-5-9-20(25)12-19)21-14-26(15-22(21)24)16-23(27)11-10-17-6-3-4-7-18(17)13-23/h3-9,12,21-22,27H,2,10-11,13-16,25H2,1H3. The quantitative estimate of drug-likeness (QED) is 0.820. The van der Waals surface area contributed by atoms with E-state index in [4.69, 9.17) is 5.73 Å². The van der Waals surface area contributed by atoms with Gasteiger partial charge in [-0.05, 0) is 59.9 Å². The molecule has 2 fully saturated rings. The molecule has 142 valence electrons. The number of aryl methyl sites for hydroxylation is 1. The fourth-order valence-electron chi connectivity index (χ4n) is 6.26. The highest BCUT2D eigenvalue weighted by atomic mass is 16.3. The van der Waals surface area contributed by atoms with Crippen molar-refractivity contribution in [2.45, 2.75) is 43.6 Å². The van der Waals surface area contributed by atoms with Crippen LogP contribution in [0.4, 0.5) is 5.69 Å². The monoisotopic (exact) mass is 362 g/mol. The van der Waals surface area contributed by atoms with E-state index in [2.05, 4.69) is 54.3 Å². The number of benzene rings is 2. The molecule has 5 rings (SSSR count). The van der Waals surface area contributed by atoms with Gasteiger partial charge in [0.2, 0.25) is 0 Å². The summed E-state index contributed by atoms with van der Waals surface area (Å²) in [7, 11) is 0. The topological polar surface area (TPSA) is 49.5 Å². The molecule has 3 nitrogen and oxygen atoms in total. The summed E-state index contributed by atoms with van der Waals surface area (Å²) in [5.41, 5.74) is 10.8. The third-order valence-electron chi connectivity index (χ3n) is 7.63. The van der Waals surface area contributed by atoms with Crippen LogP contribution in [0, 0.1) is 11.8 Å². The van der Waals surface area contributed by atoms with Crippen molar-refractivity contribution in [3.05, 3.63) is 65.2 Å². The van der Waals surface area contributed by atoms with Gasteiger partial charge in [-0.1, -0.05) is 43.3 Å². The molecule has 0 radical (unpaired) electrons. The number of aliphatic hydroxyl groups is 1. The van der Waals surface area contributed by atoms with Crippen molar-refractivity contribution < 1.29 is 5.11 Å². The molecule has 2 aliphatic carbocycles. The highest BCUT2D eigenvalue weighted by Crippen LogP contribution is 2.65. The average molecular weight is 363 g/mol. The number of likely N-dealkylation sites (tertiary alicyclic amines) is 1. The van der Waals surface area contributed by atoms with E-state index in [0.29, 0.717) is 17.3 Å². The lowest BCUT2D eigenvalue weighted by atomic mass is 9.80. The van der Waals surface area contributed by atoms with Gasteiger partial charge in [0, 0.05) is 37.2 Å². The van der Waals surface area contributed by atoms with E-state index in [9.17, 15) is 5.11 Å². The Morgan fingerprint density at radius 2 is 1.81 bits per heavy atom. The van der Waals surface area contributed by atoms with E-state index in [1.54, 1.807) is 0 Å². The molecule has 2 aromatic rings. The van der Waals surface area contributed by atoms with Crippen molar-refractivity contribution in [3.63, 3.8) is 0 Å². The maximum Gasteiger partial charge on any atom is 0.0817 e. The number of fused-ring (bicyclic) bond motifs is 2. The summed E-state index contributed by atoms with van der Waals surface area (Å²) < 4.78 is 0. The number of nitrogen functional groups attached to an aromatic ring is 1. The third kappa shape index (κ3) is 2.71. The third-order valence-corrected chi connectivity index (χ3v) is 7.63. The van der Waals surface area contributed by atoms with Crippen LogP contribution in [0.2, 0.25) is 0 Å². The smallest absolute Gasteiger partial charge is 0.0817 e. The van der Waals surface area contributed by atoms with E-state index < -0.39 is 5.60 Å². The van der Waals surface area contributed by atoms with Gasteiger partial charge in [0.05, 0.1) is 5.60 Å². The van der Waals surface area contributed by atoms with Crippen molar-refractivity contribution in [1.29, 1.82) is 0 Å². The van der Waals surface area contributed by atoms with Crippen LogP contribution in [0.1, 0.15) is 36.5 Å². The molecule has 1 saturated heterocycles. The number of rotatable bonds is 4. The predicted molar refractivity (Wildman–Crippen MR) is 110 cm³/mol.